The van der Waals surface area contributed by atoms with Gasteiger partial charge in [-0.05, 0) is 54.6 Å². The van der Waals surface area contributed by atoms with Crippen molar-refractivity contribution in [2.24, 2.45) is 0 Å². The molecule has 3 heterocycles. The molecule has 1 aliphatic heterocycles. The van der Waals surface area contributed by atoms with Crippen molar-refractivity contribution in [1.82, 2.24) is 5.16 Å². The Morgan fingerprint density at radius 3 is 2.72 bits per heavy atom. The van der Waals surface area contributed by atoms with Crippen molar-refractivity contribution in [3.8, 4) is 11.5 Å². The molecule has 29 heavy (non-hydrogen) atoms. The molecule has 152 valence electrons. The van der Waals surface area contributed by atoms with Crippen LogP contribution in [0.1, 0.15) is 21.7 Å². The van der Waals surface area contributed by atoms with Crippen LogP contribution in [0.15, 0.2) is 33.0 Å². The molecule has 0 saturated heterocycles. The van der Waals surface area contributed by atoms with E-state index in [9.17, 15) is 13.5 Å². The topological polar surface area (TPSA) is 111 Å². The number of rotatable bonds is 5. The van der Waals surface area contributed by atoms with Crippen LogP contribution in [-0.2, 0) is 10.0 Å². The zero-order valence-corrected chi connectivity index (χ0v) is 17.6. The van der Waals surface area contributed by atoms with E-state index in [4.69, 9.17) is 25.6 Å². The first-order valence-corrected chi connectivity index (χ1v) is 11.0. The second-order valence-corrected chi connectivity index (χ2v) is 9.17. The second-order valence-electron chi connectivity index (χ2n) is 6.22. The Balaban J connectivity index is 1.68. The summed E-state index contributed by atoms with van der Waals surface area (Å²) in [6.07, 6.45) is 1.48. The number of aromatic nitrogens is 1. The Labute approximate surface area is 175 Å². The average Bonchev–Trinajstić information content (AvgIpc) is 3.39. The Morgan fingerprint density at radius 2 is 2.03 bits per heavy atom. The normalized spacial score (nSPS) is 13.7. The van der Waals surface area contributed by atoms with Crippen LogP contribution in [0.5, 0.6) is 11.5 Å². The number of ether oxygens (including phenoxy) is 2. The molecule has 3 aromatic rings. The van der Waals surface area contributed by atoms with Gasteiger partial charge in [0.25, 0.3) is 15.9 Å². The van der Waals surface area contributed by atoms with E-state index in [1.807, 2.05) is 6.92 Å². The Bertz CT molecular complexity index is 1230. The molecule has 0 unspecified atom stereocenters. The molecule has 2 N–H and O–H groups in total. The molecule has 1 aromatic carbocycles. The molecule has 0 spiro atoms. The zero-order valence-electron chi connectivity index (χ0n) is 15.2. The van der Waals surface area contributed by atoms with E-state index in [1.165, 1.54) is 12.1 Å². The third-order valence-electron chi connectivity index (χ3n) is 4.22. The second kappa shape index (κ2) is 7.29. The van der Waals surface area contributed by atoms with Gasteiger partial charge in [0.05, 0.1) is 4.88 Å². The summed E-state index contributed by atoms with van der Waals surface area (Å²) in [5.74, 6) is 0.797. The lowest BCUT2D eigenvalue weighted by Crippen LogP contribution is -2.13. The third-order valence-corrected chi connectivity index (χ3v) is 7.11. The molecule has 1 aliphatic rings. The van der Waals surface area contributed by atoms with E-state index < -0.39 is 10.0 Å². The number of aliphatic hydroxyl groups is 1. The molecule has 2 aromatic heterocycles. The van der Waals surface area contributed by atoms with Crippen molar-refractivity contribution in [2.75, 3.05) is 11.5 Å². The maximum atomic E-state index is 12.8. The molecule has 0 bridgehead atoms. The number of nitrogens with zero attached hydrogens (tertiary/aromatic N) is 1. The van der Waals surface area contributed by atoms with E-state index >= 15 is 0 Å². The molecule has 0 atom stereocenters. The standard InChI is InChI=1S/C18H15ClN2O6S2/c1-9-5-13-14(26-8-25-13)7-11(9)6-12(22)17-15(3-4-28-17)29(23,24)21-18-16(19)10(2)20-27-18/h3-7,21-22H,8H2,1-2H3/b12-6-. The molecular weight excluding hydrogens is 440 g/mol. The number of hydrogen-bond acceptors (Lipinski definition) is 8. The van der Waals surface area contributed by atoms with Gasteiger partial charge in [-0.2, -0.15) is 0 Å². The molecule has 0 saturated carbocycles. The van der Waals surface area contributed by atoms with Crippen molar-refractivity contribution in [3.05, 3.63) is 50.3 Å². The first-order valence-electron chi connectivity index (χ1n) is 8.29. The van der Waals surface area contributed by atoms with Gasteiger partial charge >= 0.3 is 0 Å². The fourth-order valence-corrected chi connectivity index (χ4v) is 5.25. The lowest BCUT2D eigenvalue weighted by Gasteiger charge is -2.08. The fraction of sp³-hybridized carbons (Fsp3) is 0.167. The number of sulfonamides is 1. The Kier molecular flexibility index (Phi) is 4.93. The molecule has 0 aliphatic carbocycles. The van der Waals surface area contributed by atoms with Crippen molar-refractivity contribution < 1.29 is 27.5 Å². The molecule has 0 fully saturated rings. The van der Waals surface area contributed by atoms with Crippen LogP contribution < -0.4 is 14.2 Å². The van der Waals surface area contributed by atoms with Gasteiger partial charge in [-0.25, -0.2) is 13.1 Å². The first kappa shape index (κ1) is 19.6. The molecule has 8 nitrogen and oxygen atoms in total. The van der Waals surface area contributed by atoms with Crippen molar-refractivity contribution in [3.63, 3.8) is 0 Å². The van der Waals surface area contributed by atoms with E-state index in [0.717, 1.165) is 16.9 Å². The minimum atomic E-state index is -4.07. The number of anilines is 1. The predicted molar refractivity (Wildman–Crippen MR) is 109 cm³/mol. The lowest BCUT2D eigenvalue weighted by atomic mass is 10.1. The molecular formula is C18H15ClN2O6S2. The van der Waals surface area contributed by atoms with Gasteiger partial charge < -0.3 is 19.1 Å². The van der Waals surface area contributed by atoms with Gasteiger partial charge in [-0.3, -0.25) is 0 Å². The minimum absolute atomic E-state index is 0.0705. The van der Waals surface area contributed by atoms with E-state index in [1.54, 1.807) is 24.4 Å². The summed E-state index contributed by atoms with van der Waals surface area (Å²) in [6.45, 7) is 3.57. The summed E-state index contributed by atoms with van der Waals surface area (Å²) in [5, 5.41) is 15.9. The zero-order chi connectivity index (χ0) is 20.8. The maximum Gasteiger partial charge on any atom is 0.265 e. The number of thiophene rings is 1. The Morgan fingerprint density at radius 1 is 1.31 bits per heavy atom. The monoisotopic (exact) mass is 454 g/mol. The van der Waals surface area contributed by atoms with Crippen LogP contribution in [-0.4, -0.2) is 25.5 Å². The lowest BCUT2D eigenvalue weighted by molar-refractivity contribution is 0.174. The van der Waals surface area contributed by atoms with Crippen molar-refractivity contribution >= 4 is 50.7 Å². The van der Waals surface area contributed by atoms with Gasteiger partial charge in [0.15, 0.2) is 11.5 Å². The predicted octanol–water partition coefficient (Wildman–Crippen LogP) is 4.59. The summed E-state index contributed by atoms with van der Waals surface area (Å²) in [7, 11) is -4.07. The van der Waals surface area contributed by atoms with Gasteiger partial charge in [-0.1, -0.05) is 16.8 Å². The van der Waals surface area contributed by atoms with Crippen LogP contribution in [0.2, 0.25) is 5.02 Å². The highest BCUT2D eigenvalue weighted by molar-refractivity contribution is 7.93. The van der Waals surface area contributed by atoms with Crippen molar-refractivity contribution in [2.45, 2.75) is 18.7 Å². The quantitative estimate of drug-likeness (QED) is 0.542. The number of nitrogens with one attached hydrogen (secondary N) is 1. The highest BCUT2D eigenvalue weighted by Crippen LogP contribution is 2.37. The number of benzene rings is 1. The van der Waals surface area contributed by atoms with Crippen molar-refractivity contribution in [1.29, 1.82) is 0 Å². The number of aliphatic hydroxyl groups excluding tert-OH is 1. The number of aryl methyl sites for hydroxylation is 2. The SMILES string of the molecule is Cc1cc2c(cc1/C=C(\O)c1sccc1S(=O)(=O)Nc1onc(C)c1Cl)OCO2. The number of fused-ring (bicyclic) bond motifs is 1. The van der Waals surface area contributed by atoms with Crippen LogP contribution in [0.4, 0.5) is 5.88 Å². The minimum Gasteiger partial charge on any atom is -0.506 e. The highest BCUT2D eigenvalue weighted by atomic mass is 35.5. The van der Waals surface area contributed by atoms with Gasteiger partial charge in [0.2, 0.25) is 6.79 Å². The van der Waals surface area contributed by atoms with E-state index in [0.29, 0.717) is 22.8 Å². The summed E-state index contributed by atoms with van der Waals surface area (Å²) in [6, 6.07) is 4.91. The van der Waals surface area contributed by atoms with Crippen LogP contribution in [0.25, 0.3) is 11.8 Å². The van der Waals surface area contributed by atoms with Gasteiger partial charge in [0.1, 0.15) is 21.4 Å². The first-order chi connectivity index (χ1) is 13.8. The smallest absolute Gasteiger partial charge is 0.265 e. The fourth-order valence-electron chi connectivity index (χ4n) is 2.72. The molecule has 11 heteroatoms. The van der Waals surface area contributed by atoms with E-state index in [2.05, 4.69) is 9.88 Å². The maximum absolute atomic E-state index is 12.8. The third kappa shape index (κ3) is 3.66. The largest absolute Gasteiger partial charge is 0.506 e. The summed E-state index contributed by atoms with van der Waals surface area (Å²) >= 11 is 7.07. The average molecular weight is 455 g/mol. The highest BCUT2D eigenvalue weighted by Gasteiger charge is 2.25. The summed E-state index contributed by atoms with van der Waals surface area (Å²) in [5.41, 5.74) is 1.87. The van der Waals surface area contributed by atoms with Crippen LogP contribution in [0.3, 0.4) is 0 Å². The molecule has 0 amide bonds. The Hall–Kier alpha value is -2.69. The van der Waals surface area contributed by atoms with Crippen LogP contribution in [0, 0.1) is 13.8 Å². The molecule has 4 rings (SSSR count). The van der Waals surface area contributed by atoms with Gasteiger partial charge in [-0.15, -0.1) is 11.3 Å². The number of hydrogen-bond donors (Lipinski definition) is 2. The van der Waals surface area contributed by atoms with E-state index in [-0.39, 0.29) is 33.2 Å². The molecule has 0 radical (unpaired) electrons. The van der Waals surface area contributed by atoms with Gasteiger partial charge in [0, 0.05) is 0 Å². The summed E-state index contributed by atoms with van der Waals surface area (Å²) in [4.78, 5) is 0.0571. The summed E-state index contributed by atoms with van der Waals surface area (Å²) < 4.78 is 43.4. The van der Waals surface area contributed by atoms with Crippen LogP contribution >= 0.6 is 22.9 Å². The number of halogens is 1.